The summed E-state index contributed by atoms with van der Waals surface area (Å²) in [6.07, 6.45) is 1.92. The van der Waals surface area contributed by atoms with E-state index in [0.29, 0.717) is 0 Å². The van der Waals surface area contributed by atoms with Gasteiger partial charge < -0.3 is 0 Å². The van der Waals surface area contributed by atoms with Gasteiger partial charge in [-0.2, -0.15) is 5.10 Å². The van der Waals surface area contributed by atoms with E-state index in [4.69, 9.17) is 0 Å². The van der Waals surface area contributed by atoms with Crippen LogP contribution in [-0.2, 0) is 0 Å². The average Bonchev–Trinajstić information content (AvgIpc) is 2.58. The van der Waals surface area contributed by atoms with Gasteiger partial charge in [0, 0.05) is 43.7 Å². The van der Waals surface area contributed by atoms with Crippen LogP contribution in [0.1, 0.15) is 29.9 Å². The van der Waals surface area contributed by atoms with E-state index in [-0.39, 0.29) is 6.04 Å². The number of hydrogen-bond acceptors (Lipinski definition) is 4. The number of aryl methyl sites for hydroxylation is 2. The normalized spacial score (nSPS) is 13.5. The van der Waals surface area contributed by atoms with Crippen molar-refractivity contribution in [1.29, 1.82) is 0 Å². The van der Waals surface area contributed by atoms with Crippen LogP contribution in [0.25, 0.3) is 5.65 Å². The highest BCUT2D eigenvalue weighted by atomic mass is 15.5. The molecule has 0 aromatic carbocycles. The largest absolute Gasteiger partial charge is 0.250 e. The van der Waals surface area contributed by atoms with Crippen molar-refractivity contribution in [1.82, 2.24) is 25.0 Å². The maximum atomic E-state index is 4.45. The van der Waals surface area contributed by atoms with Crippen LogP contribution < -0.4 is 5.43 Å². The summed E-state index contributed by atoms with van der Waals surface area (Å²) in [6.45, 7) is 6.17. The maximum Gasteiger partial charge on any atom is 0.155 e. The summed E-state index contributed by atoms with van der Waals surface area (Å²) in [5.74, 6) is 0. The summed E-state index contributed by atoms with van der Waals surface area (Å²) in [6, 6.07) is 2.20. The number of fused-ring (bicyclic) bond motifs is 1. The molecule has 17 heavy (non-hydrogen) atoms. The van der Waals surface area contributed by atoms with Gasteiger partial charge in [0.1, 0.15) is 0 Å². The van der Waals surface area contributed by atoms with Gasteiger partial charge in [0.25, 0.3) is 0 Å². The number of nitrogens with zero attached hydrogens (tertiary/aromatic N) is 4. The van der Waals surface area contributed by atoms with Crippen molar-refractivity contribution in [2.75, 3.05) is 14.1 Å². The van der Waals surface area contributed by atoms with E-state index in [2.05, 4.69) is 29.4 Å². The van der Waals surface area contributed by atoms with Gasteiger partial charge in [-0.25, -0.2) is 14.9 Å². The fourth-order valence-corrected chi connectivity index (χ4v) is 2.06. The number of hydrazine groups is 1. The van der Waals surface area contributed by atoms with Crippen molar-refractivity contribution >= 4 is 5.65 Å². The van der Waals surface area contributed by atoms with Gasteiger partial charge in [-0.05, 0) is 20.8 Å². The van der Waals surface area contributed by atoms with E-state index >= 15 is 0 Å². The molecule has 0 amide bonds. The topological polar surface area (TPSA) is 45.5 Å². The highest BCUT2D eigenvalue weighted by Crippen LogP contribution is 2.17. The fraction of sp³-hybridized carbons (Fsp3) is 0.500. The van der Waals surface area contributed by atoms with E-state index in [0.717, 1.165) is 22.6 Å². The standard InChI is InChI=1S/C12H19N5/c1-8-6-12-13-7-11(9(2)15-16(4)5)10(3)17(12)14-8/h6-7,9,15H,1-5H3. The second-order valence-electron chi connectivity index (χ2n) is 4.60. The zero-order valence-electron chi connectivity index (χ0n) is 11.0. The molecule has 0 bridgehead atoms. The van der Waals surface area contributed by atoms with Crippen LogP contribution >= 0.6 is 0 Å². The Bertz CT molecular complexity index is 529. The first-order valence-electron chi connectivity index (χ1n) is 5.74. The molecule has 92 valence electrons. The van der Waals surface area contributed by atoms with Crippen LogP contribution in [0.4, 0.5) is 0 Å². The van der Waals surface area contributed by atoms with Crippen LogP contribution in [0, 0.1) is 13.8 Å². The molecule has 1 unspecified atom stereocenters. The summed E-state index contributed by atoms with van der Waals surface area (Å²) in [5, 5.41) is 6.39. The van der Waals surface area contributed by atoms with Crippen molar-refractivity contribution in [3.05, 3.63) is 29.2 Å². The Morgan fingerprint density at radius 1 is 1.35 bits per heavy atom. The molecule has 2 aromatic rings. The number of rotatable bonds is 3. The van der Waals surface area contributed by atoms with Gasteiger partial charge in [-0.3, -0.25) is 5.01 Å². The van der Waals surface area contributed by atoms with Crippen LogP contribution in [-0.4, -0.2) is 33.7 Å². The van der Waals surface area contributed by atoms with Gasteiger partial charge in [-0.15, -0.1) is 0 Å². The van der Waals surface area contributed by atoms with E-state index in [1.807, 2.05) is 42.8 Å². The number of hydrogen-bond donors (Lipinski definition) is 1. The molecule has 0 aliphatic rings. The van der Waals surface area contributed by atoms with Crippen molar-refractivity contribution in [2.24, 2.45) is 0 Å². The monoisotopic (exact) mass is 233 g/mol. The molecule has 0 aliphatic carbocycles. The zero-order valence-corrected chi connectivity index (χ0v) is 11.0. The second kappa shape index (κ2) is 4.43. The molecule has 2 heterocycles. The summed E-state index contributed by atoms with van der Waals surface area (Å²) in [4.78, 5) is 4.43. The first kappa shape index (κ1) is 12.0. The second-order valence-corrected chi connectivity index (χ2v) is 4.60. The Morgan fingerprint density at radius 2 is 2.06 bits per heavy atom. The predicted octanol–water partition coefficient (Wildman–Crippen LogP) is 1.47. The van der Waals surface area contributed by atoms with Crippen molar-refractivity contribution in [3.8, 4) is 0 Å². The zero-order chi connectivity index (χ0) is 12.6. The SMILES string of the molecule is Cc1cc2ncc(C(C)NN(C)C)c(C)n2n1. The van der Waals surface area contributed by atoms with Crippen LogP contribution in [0.3, 0.4) is 0 Å². The highest BCUT2D eigenvalue weighted by molar-refractivity contribution is 5.42. The van der Waals surface area contributed by atoms with Crippen LogP contribution in [0.5, 0.6) is 0 Å². The molecule has 1 atom stereocenters. The molecule has 1 N–H and O–H groups in total. The number of aromatic nitrogens is 3. The lowest BCUT2D eigenvalue weighted by Gasteiger charge is -2.20. The number of nitrogens with one attached hydrogen (secondary N) is 1. The van der Waals surface area contributed by atoms with Gasteiger partial charge in [0.15, 0.2) is 5.65 Å². The molecule has 0 aliphatic heterocycles. The highest BCUT2D eigenvalue weighted by Gasteiger charge is 2.13. The third kappa shape index (κ3) is 2.30. The molecule has 5 nitrogen and oxygen atoms in total. The third-order valence-electron chi connectivity index (χ3n) is 2.80. The molecule has 5 heteroatoms. The minimum atomic E-state index is 0.214. The van der Waals surface area contributed by atoms with E-state index in [9.17, 15) is 0 Å². The minimum absolute atomic E-state index is 0.214. The van der Waals surface area contributed by atoms with Crippen molar-refractivity contribution in [3.63, 3.8) is 0 Å². The third-order valence-corrected chi connectivity index (χ3v) is 2.80. The van der Waals surface area contributed by atoms with Gasteiger partial charge in [0.05, 0.1) is 5.69 Å². The van der Waals surface area contributed by atoms with Crippen LogP contribution in [0.2, 0.25) is 0 Å². The van der Waals surface area contributed by atoms with Gasteiger partial charge >= 0.3 is 0 Å². The molecule has 0 radical (unpaired) electrons. The Morgan fingerprint density at radius 3 is 2.71 bits per heavy atom. The first-order chi connectivity index (χ1) is 7.99. The smallest absolute Gasteiger partial charge is 0.155 e. The van der Waals surface area contributed by atoms with Crippen LogP contribution in [0.15, 0.2) is 12.3 Å². The van der Waals surface area contributed by atoms with E-state index < -0.39 is 0 Å². The van der Waals surface area contributed by atoms with Crippen molar-refractivity contribution in [2.45, 2.75) is 26.8 Å². The van der Waals surface area contributed by atoms with Gasteiger partial charge in [0.2, 0.25) is 0 Å². The molecule has 0 saturated carbocycles. The Hall–Kier alpha value is -1.46. The molecule has 2 aromatic heterocycles. The molecule has 2 rings (SSSR count). The molecule has 0 saturated heterocycles. The van der Waals surface area contributed by atoms with Crippen molar-refractivity contribution < 1.29 is 0 Å². The molecular formula is C12H19N5. The Labute approximate surface area is 101 Å². The average molecular weight is 233 g/mol. The quantitative estimate of drug-likeness (QED) is 0.816. The first-order valence-corrected chi connectivity index (χ1v) is 5.74. The summed E-state index contributed by atoms with van der Waals surface area (Å²) in [7, 11) is 3.96. The lowest BCUT2D eigenvalue weighted by Crippen LogP contribution is -2.33. The Balaban J connectivity index is 2.44. The Kier molecular flexibility index (Phi) is 3.13. The van der Waals surface area contributed by atoms with E-state index in [1.165, 1.54) is 0 Å². The predicted molar refractivity (Wildman–Crippen MR) is 67.7 cm³/mol. The molecular weight excluding hydrogens is 214 g/mol. The van der Waals surface area contributed by atoms with E-state index in [1.54, 1.807) is 0 Å². The maximum absolute atomic E-state index is 4.45. The molecule has 0 spiro atoms. The fourth-order valence-electron chi connectivity index (χ4n) is 2.06. The lowest BCUT2D eigenvalue weighted by atomic mass is 10.1. The summed E-state index contributed by atoms with van der Waals surface area (Å²) in [5.41, 5.74) is 7.51. The summed E-state index contributed by atoms with van der Waals surface area (Å²) >= 11 is 0. The summed E-state index contributed by atoms with van der Waals surface area (Å²) < 4.78 is 1.90. The minimum Gasteiger partial charge on any atom is -0.250 e. The lowest BCUT2D eigenvalue weighted by molar-refractivity contribution is 0.251. The molecule has 0 fully saturated rings. The van der Waals surface area contributed by atoms with Gasteiger partial charge in [-0.1, -0.05) is 0 Å².